The molecule has 0 spiro atoms. The second-order valence-corrected chi connectivity index (χ2v) is 7.15. The van der Waals surface area contributed by atoms with E-state index in [0.717, 1.165) is 11.1 Å². The Morgan fingerprint density at radius 2 is 1.88 bits per heavy atom. The zero-order valence-electron chi connectivity index (χ0n) is 15.0. The van der Waals surface area contributed by atoms with Crippen molar-refractivity contribution in [1.82, 2.24) is 4.90 Å². The molecule has 0 aromatic heterocycles. The summed E-state index contributed by atoms with van der Waals surface area (Å²) in [4.78, 5) is 27.0. The lowest BCUT2D eigenvalue weighted by molar-refractivity contribution is -0.134. The number of anilines is 1. The highest BCUT2D eigenvalue weighted by Crippen LogP contribution is 2.41. The van der Waals surface area contributed by atoms with Gasteiger partial charge in [0.05, 0.1) is 11.8 Å². The summed E-state index contributed by atoms with van der Waals surface area (Å²) < 4.78 is 0. The van der Waals surface area contributed by atoms with Crippen molar-refractivity contribution in [2.24, 2.45) is 11.8 Å². The van der Waals surface area contributed by atoms with Crippen LogP contribution >= 0.6 is 11.6 Å². The van der Waals surface area contributed by atoms with Crippen molar-refractivity contribution in [3.05, 3.63) is 64.7 Å². The monoisotopic (exact) mass is 370 g/mol. The minimum absolute atomic E-state index is 0.0541. The largest absolute Gasteiger partial charge is 0.338 e. The van der Waals surface area contributed by atoms with Gasteiger partial charge in [-0.15, -0.1) is 0 Å². The number of hydrogen-bond donors (Lipinski definition) is 1. The Morgan fingerprint density at radius 1 is 1.15 bits per heavy atom. The van der Waals surface area contributed by atoms with Crippen LogP contribution < -0.4 is 5.32 Å². The van der Waals surface area contributed by atoms with E-state index in [1.807, 2.05) is 61.2 Å². The smallest absolute Gasteiger partial charge is 0.228 e. The van der Waals surface area contributed by atoms with Crippen LogP contribution in [0, 0.1) is 18.8 Å². The fraction of sp³-hybridized carbons (Fsp3) is 0.333. The van der Waals surface area contributed by atoms with Crippen molar-refractivity contribution in [2.75, 3.05) is 11.9 Å². The summed E-state index contributed by atoms with van der Waals surface area (Å²) in [5.41, 5.74) is 2.72. The predicted octanol–water partition coefficient (Wildman–Crippen LogP) is 4.27. The van der Waals surface area contributed by atoms with E-state index in [9.17, 15) is 9.59 Å². The van der Waals surface area contributed by atoms with Crippen LogP contribution in [0.5, 0.6) is 0 Å². The summed E-state index contributed by atoms with van der Waals surface area (Å²) >= 11 is 6.10. The topological polar surface area (TPSA) is 49.4 Å². The Kier molecular flexibility index (Phi) is 5.62. The Balaban J connectivity index is 1.58. The summed E-state index contributed by atoms with van der Waals surface area (Å²) in [5, 5.41) is 3.49. The number of nitrogens with one attached hydrogen (secondary N) is 1. The van der Waals surface area contributed by atoms with Gasteiger partial charge in [-0.2, -0.15) is 0 Å². The molecule has 0 radical (unpaired) electrons. The molecule has 5 heteroatoms. The lowest BCUT2D eigenvalue weighted by atomic mass is 10.2. The summed E-state index contributed by atoms with van der Waals surface area (Å²) in [5.74, 6) is -0.538. The van der Waals surface area contributed by atoms with Crippen LogP contribution in [-0.2, 0) is 16.1 Å². The molecular formula is C21H23ClN2O2. The van der Waals surface area contributed by atoms with Gasteiger partial charge >= 0.3 is 0 Å². The van der Waals surface area contributed by atoms with Gasteiger partial charge in [0.2, 0.25) is 11.8 Å². The van der Waals surface area contributed by atoms with Crippen molar-refractivity contribution in [3.63, 3.8) is 0 Å². The van der Waals surface area contributed by atoms with Crippen molar-refractivity contribution < 1.29 is 9.59 Å². The number of nitrogens with zero attached hydrogens (tertiary/aromatic N) is 1. The molecule has 2 aromatic rings. The van der Waals surface area contributed by atoms with Crippen LogP contribution in [0.15, 0.2) is 48.5 Å². The molecule has 4 nitrogen and oxygen atoms in total. The Labute approximate surface area is 159 Å². The third kappa shape index (κ3) is 4.25. The second kappa shape index (κ2) is 7.92. The zero-order chi connectivity index (χ0) is 18.7. The normalized spacial score (nSPS) is 18.3. The third-order valence-electron chi connectivity index (χ3n) is 4.79. The number of carbonyl (C=O) groups is 2. The Bertz CT molecular complexity index is 807. The summed E-state index contributed by atoms with van der Waals surface area (Å²) in [7, 11) is 0. The van der Waals surface area contributed by atoms with Gasteiger partial charge in [0.1, 0.15) is 0 Å². The molecule has 2 atom stereocenters. The molecule has 136 valence electrons. The molecule has 0 heterocycles. The van der Waals surface area contributed by atoms with E-state index in [-0.39, 0.29) is 23.7 Å². The van der Waals surface area contributed by atoms with E-state index in [2.05, 4.69) is 5.32 Å². The lowest BCUT2D eigenvalue weighted by Crippen LogP contribution is -2.33. The summed E-state index contributed by atoms with van der Waals surface area (Å²) in [6, 6.07) is 15.3. The van der Waals surface area contributed by atoms with Crippen LogP contribution in [0.4, 0.5) is 5.69 Å². The molecule has 2 aromatic carbocycles. The van der Waals surface area contributed by atoms with Crippen LogP contribution in [0.3, 0.4) is 0 Å². The van der Waals surface area contributed by atoms with Crippen LogP contribution in [0.25, 0.3) is 0 Å². The van der Waals surface area contributed by atoms with Gasteiger partial charge < -0.3 is 10.2 Å². The average Bonchev–Trinajstić information content (AvgIpc) is 3.44. The van der Waals surface area contributed by atoms with Crippen LogP contribution in [-0.4, -0.2) is 23.3 Å². The summed E-state index contributed by atoms with van der Waals surface area (Å²) in [6.07, 6.45) is 0.607. The standard InChI is InChI=1S/C21H23ClN2O2/c1-3-24(13-15-7-5-4-6-8-15)21(26)18-12-17(18)20(25)23-16-10-9-14(2)19(22)11-16/h4-11,17-18H,3,12-13H2,1-2H3,(H,23,25). The molecule has 2 unspecified atom stereocenters. The third-order valence-corrected chi connectivity index (χ3v) is 5.20. The van der Waals surface area contributed by atoms with Crippen molar-refractivity contribution in [2.45, 2.75) is 26.8 Å². The first-order valence-electron chi connectivity index (χ1n) is 8.89. The molecule has 1 aliphatic carbocycles. The minimum Gasteiger partial charge on any atom is -0.338 e. The first kappa shape index (κ1) is 18.5. The van der Waals surface area contributed by atoms with Gasteiger partial charge in [0.15, 0.2) is 0 Å². The molecule has 0 bridgehead atoms. The van der Waals surface area contributed by atoms with Gasteiger partial charge in [-0.05, 0) is 43.5 Å². The fourth-order valence-electron chi connectivity index (χ4n) is 3.05. The molecule has 0 saturated heterocycles. The first-order chi connectivity index (χ1) is 12.5. The molecule has 26 heavy (non-hydrogen) atoms. The highest BCUT2D eigenvalue weighted by Gasteiger charge is 2.49. The number of aryl methyl sites for hydroxylation is 1. The van der Waals surface area contributed by atoms with Crippen molar-refractivity contribution >= 4 is 29.1 Å². The number of carbonyl (C=O) groups excluding carboxylic acids is 2. The summed E-state index contributed by atoms with van der Waals surface area (Å²) in [6.45, 7) is 5.09. The maximum absolute atomic E-state index is 12.7. The number of rotatable bonds is 6. The SMILES string of the molecule is CCN(Cc1ccccc1)C(=O)C1CC1C(=O)Nc1ccc(C)c(Cl)c1. The maximum atomic E-state index is 12.7. The van der Waals surface area contributed by atoms with Gasteiger partial charge in [0, 0.05) is 23.8 Å². The van der Waals surface area contributed by atoms with Gasteiger partial charge in [-0.3, -0.25) is 9.59 Å². The van der Waals surface area contributed by atoms with Gasteiger partial charge in [-0.1, -0.05) is 48.0 Å². The molecule has 2 amide bonds. The highest BCUT2D eigenvalue weighted by molar-refractivity contribution is 6.31. The van der Waals surface area contributed by atoms with E-state index in [0.29, 0.717) is 30.2 Å². The van der Waals surface area contributed by atoms with Gasteiger partial charge in [-0.25, -0.2) is 0 Å². The van der Waals surface area contributed by atoms with Crippen LogP contribution in [0.2, 0.25) is 5.02 Å². The highest BCUT2D eigenvalue weighted by atomic mass is 35.5. The van der Waals surface area contributed by atoms with E-state index in [1.165, 1.54) is 0 Å². The van der Waals surface area contributed by atoms with E-state index < -0.39 is 0 Å². The minimum atomic E-state index is -0.257. The Morgan fingerprint density at radius 3 is 2.54 bits per heavy atom. The zero-order valence-corrected chi connectivity index (χ0v) is 15.8. The number of benzene rings is 2. The molecular weight excluding hydrogens is 348 g/mol. The van der Waals surface area contributed by atoms with Crippen molar-refractivity contribution in [3.8, 4) is 0 Å². The van der Waals surface area contributed by atoms with E-state index in [1.54, 1.807) is 6.07 Å². The quantitative estimate of drug-likeness (QED) is 0.825. The van der Waals surface area contributed by atoms with Gasteiger partial charge in [0.25, 0.3) is 0 Å². The van der Waals surface area contributed by atoms with E-state index in [4.69, 9.17) is 11.6 Å². The fourth-order valence-corrected chi connectivity index (χ4v) is 3.23. The average molecular weight is 371 g/mol. The van der Waals surface area contributed by atoms with E-state index >= 15 is 0 Å². The molecule has 0 aliphatic heterocycles. The number of hydrogen-bond acceptors (Lipinski definition) is 2. The number of halogens is 1. The molecule has 1 saturated carbocycles. The number of amides is 2. The molecule has 3 rings (SSSR count). The molecule has 1 aliphatic rings. The first-order valence-corrected chi connectivity index (χ1v) is 9.27. The lowest BCUT2D eigenvalue weighted by Gasteiger charge is -2.21. The second-order valence-electron chi connectivity index (χ2n) is 6.74. The predicted molar refractivity (Wildman–Crippen MR) is 104 cm³/mol. The maximum Gasteiger partial charge on any atom is 0.228 e. The Hall–Kier alpha value is -2.33. The van der Waals surface area contributed by atoms with Crippen molar-refractivity contribution in [1.29, 1.82) is 0 Å². The molecule has 1 fully saturated rings. The molecule has 1 N–H and O–H groups in total. The van der Waals surface area contributed by atoms with Crippen LogP contribution in [0.1, 0.15) is 24.5 Å².